The van der Waals surface area contributed by atoms with E-state index in [2.05, 4.69) is 21.7 Å². The van der Waals surface area contributed by atoms with Crippen molar-refractivity contribution in [2.45, 2.75) is 3.24 Å². The van der Waals surface area contributed by atoms with Gasteiger partial charge in [-0.25, -0.2) is 0 Å². The average molecular weight is 207 g/mol. The van der Waals surface area contributed by atoms with Crippen molar-refractivity contribution < 1.29 is 4.79 Å². The van der Waals surface area contributed by atoms with E-state index < -0.39 is 9.15 Å². The molecule has 0 saturated heterocycles. The molecule has 0 spiro atoms. The second-order valence-corrected chi connectivity index (χ2v) is 4.29. The summed E-state index contributed by atoms with van der Waals surface area (Å²) in [5.41, 5.74) is 4.62. The van der Waals surface area contributed by atoms with Crippen molar-refractivity contribution in [3.8, 4) is 0 Å². The number of nitrogens with two attached hydrogens (primary N) is 1. The van der Waals surface area contributed by atoms with Crippen LogP contribution in [0.25, 0.3) is 0 Å². The van der Waals surface area contributed by atoms with Gasteiger partial charge in [0, 0.05) is 0 Å². The quantitative estimate of drug-likeness (QED) is 0.640. The Morgan fingerprint density at radius 2 is 1.86 bits per heavy atom. The van der Waals surface area contributed by atoms with Gasteiger partial charge in [0.2, 0.25) is 3.24 Å². The van der Waals surface area contributed by atoms with Crippen molar-refractivity contribution in [2.75, 3.05) is 0 Å². The van der Waals surface area contributed by atoms with Crippen LogP contribution in [-0.4, -0.2) is 9.15 Å². The first-order chi connectivity index (χ1) is 2.94. The van der Waals surface area contributed by atoms with Crippen LogP contribution in [0.1, 0.15) is 0 Å². The Balaban J connectivity index is 3.79. The van der Waals surface area contributed by atoms with Crippen LogP contribution in [0.5, 0.6) is 0 Å². The maximum Gasteiger partial charge on any atom is 0.265 e. The predicted octanol–water partition coefficient (Wildman–Crippen LogP) is 0.998. The van der Waals surface area contributed by atoms with Gasteiger partial charge in [-0.05, 0) is 15.9 Å². The molecule has 0 rings (SSSR count). The molecule has 0 atom stereocenters. The fourth-order valence-corrected chi connectivity index (χ4v) is 0. The van der Waals surface area contributed by atoms with Crippen LogP contribution >= 0.6 is 39.1 Å². The summed E-state index contributed by atoms with van der Waals surface area (Å²) < 4.78 is -1.60. The van der Waals surface area contributed by atoms with Gasteiger partial charge in [-0.3, -0.25) is 4.79 Å². The van der Waals surface area contributed by atoms with Crippen molar-refractivity contribution in [1.29, 1.82) is 0 Å². The first kappa shape index (κ1) is 7.53. The highest BCUT2D eigenvalue weighted by atomic mass is 79.9. The Morgan fingerprint density at radius 3 is 1.86 bits per heavy atom. The van der Waals surface area contributed by atoms with Crippen molar-refractivity contribution in [1.82, 2.24) is 0 Å². The molecule has 0 fully saturated rings. The van der Waals surface area contributed by atoms with E-state index in [0.29, 0.717) is 0 Å². The first-order valence-electron chi connectivity index (χ1n) is 1.31. The number of hydrogen-bond donors (Lipinski definition) is 1. The van der Waals surface area contributed by atoms with Crippen LogP contribution in [0.3, 0.4) is 0 Å². The standard InChI is InChI=1S/C2H2BrCl2NO/c3-2(4,5)1(6)7/h(H2,6,7). The lowest BCUT2D eigenvalue weighted by Crippen LogP contribution is -2.26. The van der Waals surface area contributed by atoms with E-state index in [1.165, 1.54) is 0 Å². The number of hydrogen-bond acceptors (Lipinski definition) is 1. The Hall–Kier alpha value is 0.530. The molecule has 7 heavy (non-hydrogen) atoms. The Morgan fingerprint density at radius 1 is 1.71 bits per heavy atom. The van der Waals surface area contributed by atoms with Crippen molar-refractivity contribution in [3.05, 3.63) is 0 Å². The third-order valence-electron chi connectivity index (χ3n) is 0.279. The van der Waals surface area contributed by atoms with Gasteiger partial charge in [-0.2, -0.15) is 0 Å². The Bertz CT molecular complexity index is 88.2. The first-order valence-corrected chi connectivity index (χ1v) is 2.86. The molecule has 42 valence electrons. The fourth-order valence-electron chi connectivity index (χ4n) is 0. The molecule has 0 aliphatic heterocycles. The van der Waals surface area contributed by atoms with Crippen LogP contribution in [0, 0.1) is 0 Å². The molecule has 0 aliphatic rings. The normalized spacial score (nSPS) is 11.3. The van der Waals surface area contributed by atoms with E-state index in [1.807, 2.05) is 0 Å². The van der Waals surface area contributed by atoms with Crippen LogP contribution in [0.15, 0.2) is 0 Å². The summed E-state index contributed by atoms with van der Waals surface area (Å²) in [7, 11) is 0. The van der Waals surface area contributed by atoms with Gasteiger partial charge in [0.25, 0.3) is 5.91 Å². The molecule has 0 aliphatic carbocycles. The van der Waals surface area contributed by atoms with Gasteiger partial charge < -0.3 is 5.73 Å². The van der Waals surface area contributed by atoms with Gasteiger partial charge >= 0.3 is 0 Å². The molecular weight excluding hydrogens is 205 g/mol. The molecule has 0 radical (unpaired) electrons. The minimum atomic E-state index is -1.60. The molecule has 0 unspecified atom stereocenters. The summed E-state index contributed by atoms with van der Waals surface area (Å²) in [5.74, 6) is -0.809. The van der Waals surface area contributed by atoms with Gasteiger partial charge in [0.1, 0.15) is 0 Å². The summed E-state index contributed by atoms with van der Waals surface area (Å²) in [4.78, 5) is 9.93. The second-order valence-electron chi connectivity index (χ2n) is 0.862. The Labute approximate surface area is 59.1 Å². The molecule has 2 nitrogen and oxygen atoms in total. The monoisotopic (exact) mass is 205 g/mol. The topological polar surface area (TPSA) is 43.1 Å². The molecular formula is C2H2BrCl2NO. The zero-order valence-electron chi connectivity index (χ0n) is 3.12. The molecule has 0 heterocycles. The summed E-state index contributed by atoms with van der Waals surface area (Å²) >= 11 is 12.8. The zero-order chi connectivity index (χ0) is 6.08. The van der Waals surface area contributed by atoms with Crippen molar-refractivity contribution in [2.24, 2.45) is 5.73 Å². The van der Waals surface area contributed by atoms with E-state index in [-0.39, 0.29) is 0 Å². The zero-order valence-corrected chi connectivity index (χ0v) is 6.22. The molecule has 5 heteroatoms. The van der Waals surface area contributed by atoms with Crippen LogP contribution < -0.4 is 5.73 Å². The number of carbonyl (C=O) groups is 1. The smallest absolute Gasteiger partial charge is 0.265 e. The lowest BCUT2D eigenvalue weighted by molar-refractivity contribution is -0.116. The maximum absolute atomic E-state index is 9.93. The van der Waals surface area contributed by atoms with Gasteiger partial charge in [0.15, 0.2) is 0 Å². The number of rotatable bonds is 1. The van der Waals surface area contributed by atoms with E-state index in [0.717, 1.165) is 0 Å². The molecule has 0 aromatic carbocycles. The van der Waals surface area contributed by atoms with Gasteiger partial charge in [-0.15, -0.1) is 0 Å². The third-order valence-corrected chi connectivity index (χ3v) is 1.04. The van der Waals surface area contributed by atoms with E-state index in [9.17, 15) is 4.79 Å². The highest BCUT2D eigenvalue weighted by Crippen LogP contribution is 2.27. The van der Waals surface area contributed by atoms with E-state index in [4.69, 9.17) is 23.2 Å². The van der Waals surface area contributed by atoms with Crippen molar-refractivity contribution in [3.63, 3.8) is 0 Å². The lowest BCUT2D eigenvalue weighted by Gasteiger charge is -2.01. The second kappa shape index (κ2) is 2.20. The molecule has 1 amide bonds. The lowest BCUT2D eigenvalue weighted by atomic mass is 10.8. The van der Waals surface area contributed by atoms with Crippen LogP contribution in [0.2, 0.25) is 0 Å². The highest BCUT2D eigenvalue weighted by Gasteiger charge is 2.26. The molecule has 0 bridgehead atoms. The summed E-state index contributed by atoms with van der Waals surface area (Å²) in [6.07, 6.45) is 0. The van der Waals surface area contributed by atoms with Gasteiger partial charge in [-0.1, -0.05) is 23.2 Å². The minimum absolute atomic E-state index is 0.809. The van der Waals surface area contributed by atoms with E-state index >= 15 is 0 Å². The number of primary amides is 1. The average Bonchev–Trinajstić information content (AvgIpc) is 1.31. The van der Waals surface area contributed by atoms with Crippen LogP contribution in [0.4, 0.5) is 0 Å². The largest absolute Gasteiger partial charge is 0.366 e. The highest BCUT2D eigenvalue weighted by molar-refractivity contribution is 9.11. The SMILES string of the molecule is NC(=O)C(Cl)(Cl)Br. The summed E-state index contributed by atoms with van der Waals surface area (Å²) in [5, 5.41) is 0. The molecule has 0 aromatic rings. The van der Waals surface area contributed by atoms with E-state index in [1.54, 1.807) is 0 Å². The summed E-state index contributed by atoms with van der Waals surface area (Å²) in [6, 6.07) is 0. The van der Waals surface area contributed by atoms with Crippen LogP contribution in [-0.2, 0) is 4.79 Å². The number of amides is 1. The molecule has 0 saturated carbocycles. The number of halogens is 3. The third kappa shape index (κ3) is 3.14. The predicted molar refractivity (Wildman–Crippen MR) is 32.6 cm³/mol. The Kier molecular flexibility index (Phi) is 2.37. The minimum Gasteiger partial charge on any atom is -0.366 e. The number of carbonyl (C=O) groups excluding carboxylic acids is 1. The summed E-state index contributed by atoms with van der Waals surface area (Å²) in [6.45, 7) is 0. The maximum atomic E-state index is 9.93. The fraction of sp³-hybridized carbons (Fsp3) is 0.500. The molecule has 0 aromatic heterocycles. The molecule has 2 N–H and O–H groups in total. The van der Waals surface area contributed by atoms with Gasteiger partial charge in [0.05, 0.1) is 0 Å². The van der Waals surface area contributed by atoms with Crippen molar-refractivity contribution >= 4 is 45.0 Å². The number of alkyl halides is 3.